The highest BCUT2D eigenvalue weighted by Gasteiger charge is 2.20. The van der Waals surface area contributed by atoms with E-state index in [1.54, 1.807) is 0 Å². The van der Waals surface area contributed by atoms with Gasteiger partial charge in [0.25, 0.3) is 0 Å². The van der Waals surface area contributed by atoms with Crippen molar-refractivity contribution in [3.8, 4) is 0 Å². The predicted octanol–water partition coefficient (Wildman–Crippen LogP) is 3.88. The van der Waals surface area contributed by atoms with Crippen LogP contribution in [-0.2, 0) is 0 Å². The van der Waals surface area contributed by atoms with E-state index in [9.17, 15) is 5.11 Å². The topological polar surface area (TPSA) is 32.3 Å². The number of hydrogen-bond donors (Lipinski definition) is 2. The van der Waals surface area contributed by atoms with Crippen molar-refractivity contribution in [1.29, 1.82) is 0 Å². The van der Waals surface area contributed by atoms with Gasteiger partial charge in [0.15, 0.2) is 0 Å². The molecule has 0 amide bonds. The third kappa shape index (κ3) is 10.8. The van der Waals surface area contributed by atoms with Crippen molar-refractivity contribution in [2.75, 3.05) is 6.54 Å². The minimum absolute atomic E-state index is 0.173. The number of rotatable bonds is 11. The molecule has 0 bridgehead atoms. The van der Waals surface area contributed by atoms with Gasteiger partial charge in [0.1, 0.15) is 0 Å². The highest BCUT2D eigenvalue weighted by atomic mass is 16.3. The van der Waals surface area contributed by atoms with Crippen LogP contribution >= 0.6 is 0 Å². The monoisotopic (exact) mass is 243 g/mol. The molecule has 2 N–H and O–H groups in total. The lowest BCUT2D eigenvalue weighted by molar-refractivity contribution is 0.0443. The molecule has 0 aliphatic rings. The maximum absolute atomic E-state index is 9.75. The zero-order chi connectivity index (χ0) is 13.1. The van der Waals surface area contributed by atoms with Gasteiger partial charge < -0.3 is 10.4 Å². The average Bonchev–Trinajstić information content (AvgIpc) is 2.25. The predicted molar refractivity (Wildman–Crippen MR) is 76.4 cm³/mol. The molecule has 0 saturated carbocycles. The van der Waals surface area contributed by atoms with E-state index < -0.39 is 5.60 Å². The second-order valence-electron chi connectivity index (χ2n) is 5.80. The van der Waals surface area contributed by atoms with E-state index in [4.69, 9.17) is 0 Å². The van der Waals surface area contributed by atoms with Crippen LogP contribution in [0.15, 0.2) is 0 Å². The van der Waals surface area contributed by atoms with Crippen LogP contribution in [0, 0.1) is 0 Å². The molecule has 104 valence electrons. The molecule has 2 heteroatoms. The van der Waals surface area contributed by atoms with Crippen molar-refractivity contribution in [1.82, 2.24) is 5.32 Å². The Morgan fingerprint density at radius 3 is 1.88 bits per heavy atom. The van der Waals surface area contributed by atoms with E-state index in [0.29, 0.717) is 0 Å². The van der Waals surface area contributed by atoms with E-state index in [-0.39, 0.29) is 6.04 Å². The normalized spacial score (nSPS) is 13.9. The Hall–Kier alpha value is -0.0800. The van der Waals surface area contributed by atoms with Gasteiger partial charge >= 0.3 is 0 Å². The Labute approximate surface area is 108 Å². The Morgan fingerprint density at radius 1 is 0.941 bits per heavy atom. The summed E-state index contributed by atoms with van der Waals surface area (Å²) in [5, 5.41) is 13.1. The van der Waals surface area contributed by atoms with Crippen molar-refractivity contribution in [3.63, 3.8) is 0 Å². The lowest BCUT2D eigenvalue weighted by Gasteiger charge is -2.26. The molecular weight excluding hydrogens is 210 g/mol. The summed E-state index contributed by atoms with van der Waals surface area (Å²) in [5.41, 5.74) is -0.611. The largest absolute Gasteiger partial charge is 0.389 e. The summed E-state index contributed by atoms with van der Waals surface area (Å²) in [6.45, 7) is 9.05. The maximum Gasteiger partial charge on any atom is 0.0741 e. The quantitative estimate of drug-likeness (QED) is 0.540. The Balaban J connectivity index is 3.19. The molecule has 0 aromatic heterocycles. The molecular formula is C15H33NO. The Morgan fingerprint density at radius 2 is 1.41 bits per heavy atom. The lowest BCUT2D eigenvalue weighted by atomic mass is 10.0. The van der Waals surface area contributed by atoms with Gasteiger partial charge in [-0.3, -0.25) is 0 Å². The first-order valence-electron chi connectivity index (χ1n) is 7.44. The molecule has 1 unspecified atom stereocenters. The SMILES string of the molecule is CCCCCCCCCCNC(C)C(C)(C)O. The first-order valence-corrected chi connectivity index (χ1v) is 7.44. The molecule has 0 rings (SSSR count). The highest BCUT2D eigenvalue weighted by molar-refractivity contribution is 4.79. The lowest BCUT2D eigenvalue weighted by Crippen LogP contribution is -2.44. The standard InChI is InChI=1S/C15H33NO/c1-5-6-7-8-9-10-11-12-13-16-14(2)15(3,4)17/h14,16-17H,5-13H2,1-4H3. The minimum Gasteiger partial charge on any atom is -0.389 e. The summed E-state index contributed by atoms with van der Waals surface area (Å²) in [6, 6.07) is 0.173. The van der Waals surface area contributed by atoms with Crippen molar-refractivity contribution in [2.45, 2.75) is 90.7 Å². The fraction of sp³-hybridized carbons (Fsp3) is 1.00. The van der Waals surface area contributed by atoms with Crippen LogP contribution in [0.5, 0.6) is 0 Å². The summed E-state index contributed by atoms with van der Waals surface area (Å²) in [4.78, 5) is 0. The zero-order valence-corrected chi connectivity index (χ0v) is 12.4. The van der Waals surface area contributed by atoms with Crippen molar-refractivity contribution >= 4 is 0 Å². The fourth-order valence-corrected chi connectivity index (χ4v) is 1.83. The molecule has 0 saturated heterocycles. The van der Waals surface area contributed by atoms with Gasteiger partial charge in [-0.2, -0.15) is 0 Å². The molecule has 0 fully saturated rings. The molecule has 0 aromatic rings. The molecule has 0 radical (unpaired) electrons. The average molecular weight is 243 g/mol. The first-order chi connectivity index (χ1) is 7.98. The van der Waals surface area contributed by atoms with Crippen molar-refractivity contribution < 1.29 is 5.11 Å². The van der Waals surface area contributed by atoms with Crippen molar-refractivity contribution in [2.24, 2.45) is 0 Å². The van der Waals surface area contributed by atoms with Gasteiger partial charge in [-0.05, 0) is 33.7 Å². The second-order valence-corrected chi connectivity index (χ2v) is 5.80. The summed E-state index contributed by atoms with van der Waals surface area (Å²) in [6.07, 6.45) is 10.8. The minimum atomic E-state index is -0.611. The molecule has 0 spiro atoms. The number of hydrogen-bond acceptors (Lipinski definition) is 2. The Kier molecular flexibility index (Phi) is 9.85. The molecule has 0 aliphatic carbocycles. The van der Waals surface area contributed by atoms with E-state index in [2.05, 4.69) is 12.2 Å². The smallest absolute Gasteiger partial charge is 0.0741 e. The highest BCUT2D eigenvalue weighted by Crippen LogP contribution is 2.09. The second kappa shape index (κ2) is 9.90. The van der Waals surface area contributed by atoms with E-state index in [1.807, 2.05) is 20.8 Å². The maximum atomic E-state index is 9.75. The van der Waals surface area contributed by atoms with E-state index in [1.165, 1.54) is 51.4 Å². The molecule has 0 heterocycles. The molecule has 1 atom stereocenters. The van der Waals surface area contributed by atoms with Crippen LogP contribution in [0.25, 0.3) is 0 Å². The van der Waals surface area contributed by atoms with Crippen LogP contribution in [0.2, 0.25) is 0 Å². The third-order valence-electron chi connectivity index (χ3n) is 3.54. The first kappa shape index (κ1) is 16.9. The van der Waals surface area contributed by atoms with Gasteiger partial charge in [-0.15, -0.1) is 0 Å². The molecule has 2 nitrogen and oxygen atoms in total. The third-order valence-corrected chi connectivity index (χ3v) is 3.54. The van der Waals surface area contributed by atoms with Crippen molar-refractivity contribution in [3.05, 3.63) is 0 Å². The van der Waals surface area contributed by atoms with Gasteiger partial charge in [0.2, 0.25) is 0 Å². The number of unbranched alkanes of at least 4 members (excludes halogenated alkanes) is 7. The van der Waals surface area contributed by atoms with Crippen LogP contribution < -0.4 is 5.32 Å². The summed E-state index contributed by atoms with van der Waals surface area (Å²) >= 11 is 0. The number of aliphatic hydroxyl groups is 1. The molecule has 17 heavy (non-hydrogen) atoms. The summed E-state index contributed by atoms with van der Waals surface area (Å²) in [7, 11) is 0. The van der Waals surface area contributed by atoms with Crippen LogP contribution in [0.1, 0.15) is 79.1 Å². The van der Waals surface area contributed by atoms with Crippen LogP contribution in [0.4, 0.5) is 0 Å². The van der Waals surface area contributed by atoms with Gasteiger partial charge in [-0.25, -0.2) is 0 Å². The zero-order valence-electron chi connectivity index (χ0n) is 12.4. The summed E-state index contributed by atoms with van der Waals surface area (Å²) in [5.74, 6) is 0. The van der Waals surface area contributed by atoms with Gasteiger partial charge in [-0.1, -0.05) is 51.9 Å². The van der Waals surface area contributed by atoms with Gasteiger partial charge in [0.05, 0.1) is 5.60 Å². The van der Waals surface area contributed by atoms with Crippen LogP contribution in [-0.4, -0.2) is 23.3 Å². The van der Waals surface area contributed by atoms with E-state index in [0.717, 1.165) is 6.54 Å². The number of nitrogens with one attached hydrogen (secondary N) is 1. The van der Waals surface area contributed by atoms with Crippen LogP contribution in [0.3, 0.4) is 0 Å². The van der Waals surface area contributed by atoms with Gasteiger partial charge in [0, 0.05) is 6.04 Å². The molecule has 0 aliphatic heterocycles. The summed E-state index contributed by atoms with van der Waals surface area (Å²) < 4.78 is 0. The fourth-order valence-electron chi connectivity index (χ4n) is 1.83. The Bertz CT molecular complexity index is 163. The molecule has 0 aromatic carbocycles. The van der Waals surface area contributed by atoms with E-state index >= 15 is 0 Å².